The maximum atomic E-state index is 12.8. The first kappa shape index (κ1) is 18.9. The second-order valence-electron chi connectivity index (χ2n) is 7.10. The maximum Gasteiger partial charge on any atom is 0.257 e. The van der Waals surface area contributed by atoms with Crippen LogP contribution in [0, 0.1) is 5.41 Å². The fourth-order valence-corrected chi connectivity index (χ4v) is 4.32. The molecule has 2 N–H and O–H groups in total. The molecule has 0 aliphatic carbocycles. The predicted octanol–water partition coefficient (Wildman–Crippen LogP) is 2.74. The lowest BCUT2D eigenvalue weighted by Gasteiger charge is -2.34. The van der Waals surface area contributed by atoms with Crippen molar-refractivity contribution in [3.8, 4) is 11.5 Å². The highest BCUT2D eigenvalue weighted by molar-refractivity contribution is 5.85. The molecule has 2 bridgehead atoms. The van der Waals surface area contributed by atoms with E-state index in [1.54, 1.807) is 0 Å². The highest BCUT2D eigenvalue weighted by Gasteiger charge is 2.54. The largest absolute Gasteiger partial charge is 0.355 e. The Morgan fingerprint density at radius 3 is 2.81 bits per heavy atom. The zero-order chi connectivity index (χ0) is 17.3. The van der Waals surface area contributed by atoms with Crippen LogP contribution in [0.4, 0.5) is 0 Å². The number of aromatic nitrogens is 2. The number of nitrogens with one attached hydrogen (secondary N) is 2. The van der Waals surface area contributed by atoms with Gasteiger partial charge in [0.15, 0.2) is 5.82 Å². The van der Waals surface area contributed by atoms with Gasteiger partial charge in [0, 0.05) is 30.6 Å². The second-order valence-corrected chi connectivity index (χ2v) is 7.10. The summed E-state index contributed by atoms with van der Waals surface area (Å²) in [6.07, 6.45) is 4.72. The van der Waals surface area contributed by atoms with Gasteiger partial charge in [0.1, 0.15) is 0 Å². The zero-order valence-electron chi connectivity index (χ0n) is 14.9. The molecule has 1 amide bonds. The smallest absolute Gasteiger partial charge is 0.257 e. The van der Waals surface area contributed by atoms with Gasteiger partial charge in [0.25, 0.3) is 5.89 Å². The van der Waals surface area contributed by atoms with Crippen LogP contribution in [0.25, 0.3) is 11.5 Å². The van der Waals surface area contributed by atoms with Crippen molar-refractivity contribution in [1.29, 1.82) is 0 Å². The summed E-state index contributed by atoms with van der Waals surface area (Å²) in [4.78, 5) is 17.2. The number of amides is 1. The molecular formula is C19H25ClN4O2. The first-order valence-electron chi connectivity index (χ1n) is 9.13. The van der Waals surface area contributed by atoms with Gasteiger partial charge in [-0.15, -0.1) is 12.4 Å². The summed E-state index contributed by atoms with van der Waals surface area (Å²) < 4.78 is 5.31. The molecule has 2 aromatic rings. The minimum absolute atomic E-state index is 0. The summed E-state index contributed by atoms with van der Waals surface area (Å²) in [7, 11) is 0. The van der Waals surface area contributed by atoms with E-state index in [0.29, 0.717) is 36.8 Å². The molecule has 3 heterocycles. The summed E-state index contributed by atoms with van der Waals surface area (Å²) in [6.45, 7) is 2.65. The minimum atomic E-state index is -0.241. The molecule has 3 atom stereocenters. The molecule has 26 heavy (non-hydrogen) atoms. The van der Waals surface area contributed by atoms with Crippen molar-refractivity contribution in [2.75, 3.05) is 6.54 Å². The quantitative estimate of drug-likeness (QED) is 0.810. The van der Waals surface area contributed by atoms with E-state index >= 15 is 0 Å². The molecule has 0 spiro atoms. The van der Waals surface area contributed by atoms with Crippen LogP contribution >= 0.6 is 12.4 Å². The van der Waals surface area contributed by atoms with Gasteiger partial charge in [0.05, 0.1) is 5.41 Å². The van der Waals surface area contributed by atoms with Crippen molar-refractivity contribution >= 4 is 18.3 Å². The number of benzene rings is 1. The number of carbonyl (C=O) groups is 1. The third-order valence-corrected chi connectivity index (χ3v) is 5.72. The van der Waals surface area contributed by atoms with Crippen LogP contribution in [-0.2, 0) is 11.2 Å². The Morgan fingerprint density at radius 2 is 2.15 bits per heavy atom. The van der Waals surface area contributed by atoms with Gasteiger partial charge >= 0.3 is 0 Å². The molecule has 0 unspecified atom stereocenters. The van der Waals surface area contributed by atoms with Gasteiger partial charge in [0.2, 0.25) is 5.91 Å². The SMILES string of the molecule is CC[C@@]1(C(=O)NCCc2noc(-c3ccccc3)n2)C[C@@H]2CC[C@H]1N2.Cl. The Bertz CT molecular complexity index is 751. The van der Waals surface area contributed by atoms with Gasteiger partial charge in [-0.05, 0) is 37.8 Å². The summed E-state index contributed by atoms with van der Waals surface area (Å²) in [5.41, 5.74) is 0.665. The molecule has 2 aliphatic rings. The second kappa shape index (κ2) is 7.76. The lowest BCUT2D eigenvalue weighted by molar-refractivity contribution is -0.132. The van der Waals surface area contributed by atoms with Crippen LogP contribution in [0.2, 0.25) is 0 Å². The van der Waals surface area contributed by atoms with Crippen molar-refractivity contribution in [3.63, 3.8) is 0 Å². The topological polar surface area (TPSA) is 80.1 Å². The summed E-state index contributed by atoms with van der Waals surface area (Å²) in [5.74, 6) is 1.31. The monoisotopic (exact) mass is 376 g/mol. The van der Waals surface area contributed by atoms with Crippen molar-refractivity contribution in [2.24, 2.45) is 5.41 Å². The number of halogens is 1. The van der Waals surface area contributed by atoms with Crippen LogP contribution in [0.5, 0.6) is 0 Å². The maximum absolute atomic E-state index is 12.8. The van der Waals surface area contributed by atoms with Crippen molar-refractivity contribution in [3.05, 3.63) is 36.2 Å². The van der Waals surface area contributed by atoms with E-state index < -0.39 is 0 Å². The third-order valence-electron chi connectivity index (χ3n) is 5.72. The van der Waals surface area contributed by atoms with Crippen LogP contribution in [0.15, 0.2) is 34.9 Å². The highest BCUT2D eigenvalue weighted by Crippen LogP contribution is 2.45. The Hall–Kier alpha value is -1.92. The average molecular weight is 377 g/mol. The molecule has 2 saturated heterocycles. The number of nitrogens with zero attached hydrogens (tertiary/aromatic N) is 2. The zero-order valence-corrected chi connectivity index (χ0v) is 15.7. The van der Waals surface area contributed by atoms with E-state index in [1.807, 2.05) is 30.3 Å². The summed E-state index contributed by atoms with van der Waals surface area (Å²) in [6, 6.07) is 10.5. The Balaban J connectivity index is 0.00000196. The number of rotatable bonds is 6. The van der Waals surface area contributed by atoms with Gasteiger partial charge in [-0.3, -0.25) is 4.79 Å². The minimum Gasteiger partial charge on any atom is -0.355 e. The third kappa shape index (κ3) is 3.35. The van der Waals surface area contributed by atoms with E-state index in [1.165, 1.54) is 6.42 Å². The highest BCUT2D eigenvalue weighted by atomic mass is 35.5. The summed E-state index contributed by atoms with van der Waals surface area (Å²) in [5, 5.41) is 10.7. The van der Waals surface area contributed by atoms with Gasteiger partial charge < -0.3 is 15.2 Å². The van der Waals surface area contributed by atoms with Crippen LogP contribution < -0.4 is 10.6 Å². The molecule has 140 valence electrons. The molecule has 7 heteroatoms. The van der Waals surface area contributed by atoms with Crippen LogP contribution in [0.3, 0.4) is 0 Å². The lowest BCUT2D eigenvalue weighted by atomic mass is 9.71. The van der Waals surface area contributed by atoms with E-state index in [-0.39, 0.29) is 23.7 Å². The lowest BCUT2D eigenvalue weighted by Crippen LogP contribution is -2.48. The molecule has 2 fully saturated rings. The Labute approximate surface area is 159 Å². The van der Waals surface area contributed by atoms with Crippen LogP contribution in [0.1, 0.15) is 38.4 Å². The Morgan fingerprint density at radius 1 is 1.35 bits per heavy atom. The number of hydrogen-bond acceptors (Lipinski definition) is 5. The van der Waals surface area contributed by atoms with Crippen LogP contribution in [-0.4, -0.2) is 34.7 Å². The molecule has 0 radical (unpaired) electrons. The van der Waals surface area contributed by atoms with Gasteiger partial charge in [-0.1, -0.05) is 30.3 Å². The fraction of sp³-hybridized carbons (Fsp3) is 0.526. The molecule has 4 rings (SSSR count). The van der Waals surface area contributed by atoms with Crippen molar-refractivity contribution in [1.82, 2.24) is 20.8 Å². The number of fused-ring (bicyclic) bond motifs is 2. The summed E-state index contributed by atoms with van der Waals surface area (Å²) >= 11 is 0. The van der Waals surface area contributed by atoms with Crippen molar-refractivity contribution in [2.45, 2.75) is 51.1 Å². The number of carbonyl (C=O) groups excluding carboxylic acids is 1. The normalized spacial score (nSPS) is 26.5. The van der Waals surface area contributed by atoms with E-state index in [4.69, 9.17) is 4.52 Å². The fourth-order valence-electron chi connectivity index (χ4n) is 4.32. The molecule has 1 aromatic carbocycles. The van der Waals surface area contributed by atoms with E-state index in [2.05, 4.69) is 27.7 Å². The van der Waals surface area contributed by atoms with Gasteiger partial charge in [-0.2, -0.15) is 4.98 Å². The first-order valence-corrected chi connectivity index (χ1v) is 9.13. The van der Waals surface area contributed by atoms with E-state index in [0.717, 1.165) is 24.8 Å². The average Bonchev–Trinajstić information content (AvgIpc) is 3.38. The first-order chi connectivity index (χ1) is 12.2. The standard InChI is InChI=1S/C19H24N4O2.ClH/c1-2-19(12-14-8-9-15(19)21-14)18(24)20-11-10-16-22-17(25-23-16)13-6-4-3-5-7-13;/h3-7,14-15,21H,2,8-12H2,1H3,(H,20,24);1H/t14-,15+,19+;/m0./s1. The molecule has 0 saturated carbocycles. The molecule has 1 aromatic heterocycles. The molecule has 6 nitrogen and oxygen atoms in total. The van der Waals surface area contributed by atoms with Crippen molar-refractivity contribution < 1.29 is 9.32 Å². The molecule has 2 aliphatic heterocycles. The number of hydrogen-bond donors (Lipinski definition) is 2. The molecular weight excluding hydrogens is 352 g/mol. The van der Waals surface area contributed by atoms with Gasteiger partial charge in [-0.25, -0.2) is 0 Å². The predicted molar refractivity (Wildman–Crippen MR) is 101 cm³/mol. The Kier molecular flexibility index (Phi) is 5.63. The van der Waals surface area contributed by atoms with E-state index in [9.17, 15) is 4.79 Å².